The molecule has 0 saturated carbocycles. The van der Waals surface area contributed by atoms with E-state index >= 15 is 0 Å². The molecule has 1 aromatic heterocycles. The predicted molar refractivity (Wildman–Crippen MR) is 95.5 cm³/mol. The number of hydrogen-bond donors (Lipinski definition) is 0. The molecule has 1 atom stereocenters. The van der Waals surface area contributed by atoms with Crippen LogP contribution in [-0.2, 0) is 17.8 Å². The first kappa shape index (κ1) is 16.2. The van der Waals surface area contributed by atoms with Gasteiger partial charge in [0.25, 0.3) is 0 Å². The molecule has 0 spiro atoms. The topological polar surface area (TPSA) is 23.6 Å². The molecule has 1 unspecified atom stereocenters. The van der Waals surface area contributed by atoms with Crippen molar-refractivity contribution in [1.82, 2.24) is 9.80 Å². The summed E-state index contributed by atoms with van der Waals surface area (Å²) in [6.45, 7) is 2.29. The van der Waals surface area contributed by atoms with Gasteiger partial charge in [0, 0.05) is 18.0 Å². The third kappa shape index (κ3) is 4.43. The Labute approximate surface area is 142 Å². The van der Waals surface area contributed by atoms with Gasteiger partial charge in [-0.25, -0.2) is 0 Å². The lowest BCUT2D eigenvalue weighted by atomic mass is 10.0. The fraction of sp³-hybridized carbons (Fsp3) is 0.421. The van der Waals surface area contributed by atoms with Gasteiger partial charge in [0.2, 0.25) is 5.91 Å². The van der Waals surface area contributed by atoms with Crippen LogP contribution in [0.15, 0.2) is 47.8 Å². The summed E-state index contributed by atoms with van der Waals surface area (Å²) in [6.07, 6.45) is 3.43. The Hall–Kier alpha value is -1.65. The zero-order valence-electron chi connectivity index (χ0n) is 13.6. The molecule has 0 radical (unpaired) electrons. The Morgan fingerprint density at radius 3 is 2.83 bits per heavy atom. The molecular formula is C19H24N2OS. The molecule has 2 aromatic rings. The molecule has 4 heteroatoms. The molecule has 23 heavy (non-hydrogen) atoms. The van der Waals surface area contributed by atoms with Crippen LogP contribution in [0.5, 0.6) is 0 Å². The molecule has 1 fully saturated rings. The fourth-order valence-corrected chi connectivity index (χ4v) is 4.00. The van der Waals surface area contributed by atoms with Crippen LogP contribution in [-0.4, -0.2) is 41.9 Å². The Morgan fingerprint density at radius 1 is 1.26 bits per heavy atom. The van der Waals surface area contributed by atoms with Crippen LogP contribution in [0, 0.1) is 0 Å². The van der Waals surface area contributed by atoms with Gasteiger partial charge < -0.3 is 4.90 Å². The van der Waals surface area contributed by atoms with Gasteiger partial charge in [-0.15, -0.1) is 11.3 Å². The summed E-state index contributed by atoms with van der Waals surface area (Å²) in [5, 5.41) is 2.06. The SMILES string of the molecule is CN(Cc1cccs1)C(=O)CN1CCCC1Cc1ccccc1. The first-order valence-electron chi connectivity index (χ1n) is 8.26. The highest BCUT2D eigenvalue weighted by Gasteiger charge is 2.27. The number of carbonyl (C=O) groups excluding carboxylic acids is 1. The third-order valence-electron chi connectivity index (χ3n) is 4.55. The molecule has 1 aromatic carbocycles. The van der Waals surface area contributed by atoms with Crippen LogP contribution in [0.25, 0.3) is 0 Å². The van der Waals surface area contributed by atoms with Crippen molar-refractivity contribution in [2.45, 2.75) is 31.8 Å². The van der Waals surface area contributed by atoms with E-state index in [1.165, 1.54) is 23.3 Å². The van der Waals surface area contributed by atoms with Gasteiger partial charge in [-0.1, -0.05) is 36.4 Å². The quantitative estimate of drug-likeness (QED) is 0.811. The van der Waals surface area contributed by atoms with Gasteiger partial charge >= 0.3 is 0 Å². The normalized spacial score (nSPS) is 18.2. The molecule has 3 nitrogen and oxygen atoms in total. The number of hydrogen-bond acceptors (Lipinski definition) is 3. The summed E-state index contributed by atoms with van der Waals surface area (Å²) in [7, 11) is 1.91. The van der Waals surface area contributed by atoms with Crippen LogP contribution in [0.1, 0.15) is 23.3 Å². The summed E-state index contributed by atoms with van der Waals surface area (Å²) in [5.74, 6) is 0.221. The molecule has 0 bridgehead atoms. The zero-order valence-corrected chi connectivity index (χ0v) is 14.5. The third-order valence-corrected chi connectivity index (χ3v) is 5.41. The Balaban J connectivity index is 1.54. The lowest BCUT2D eigenvalue weighted by Crippen LogP contribution is -2.41. The minimum atomic E-state index is 0.221. The maximum atomic E-state index is 12.5. The van der Waals surface area contributed by atoms with E-state index in [2.05, 4.69) is 46.7 Å². The van der Waals surface area contributed by atoms with Gasteiger partial charge in [0.05, 0.1) is 13.1 Å². The van der Waals surface area contributed by atoms with Gasteiger partial charge in [-0.3, -0.25) is 9.69 Å². The largest absolute Gasteiger partial charge is 0.340 e. The van der Waals surface area contributed by atoms with Crippen molar-refractivity contribution < 1.29 is 4.79 Å². The van der Waals surface area contributed by atoms with E-state index < -0.39 is 0 Å². The van der Waals surface area contributed by atoms with Crippen molar-refractivity contribution >= 4 is 17.2 Å². The van der Waals surface area contributed by atoms with E-state index in [0.29, 0.717) is 19.1 Å². The molecular weight excluding hydrogens is 304 g/mol. The molecule has 122 valence electrons. The highest BCUT2D eigenvalue weighted by atomic mass is 32.1. The number of amides is 1. The molecule has 1 aliphatic heterocycles. The highest BCUT2D eigenvalue weighted by Crippen LogP contribution is 2.21. The van der Waals surface area contributed by atoms with E-state index in [0.717, 1.165) is 13.0 Å². The molecule has 2 heterocycles. The van der Waals surface area contributed by atoms with Crippen LogP contribution < -0.4 is 0 Å². The first-order chi connectivity index (χ1) is 11.2. The molecule has 1 saturated heterocycles. The first-order valence-corrected chi connectivity index (χ1v) is 9.14. The van der Waals surface area contributed by atoms with Crippen LogP contribution in [0.2, 0.25) is 0 Å². The average molecular weight is 328 g/mol. The number of carbonyl (C=O) groups is 1. The molecule has 0 aliphatic carbocycles. The Bertz CT molecular complexity index is 612. The van der Waals surface area contributed by atoms with E-state index in [1.807, 2.05) is 18.0 Å². The van der Waals surface area contributed by atoms with Gasteiger partial charge in [0.15, 0.2) is 0 Å². The van der Waals surface area contributed by atoms with E-state index in [-0.39, 0.29) is 5.91 Å². The summed E-state index contributed by atoms with van der Waals surface area (Å²) < 4.78 is 0. The fourth-order valence-electron chi connectivity index (χ4n) is 3.24. The monoisotopic (exact) mass is 328 g/mol. The summed E-state index contributed by atoms with van der Waals surface area (Å²) >= 11 is 1.71. The van der Waals surface area contributed by atoms with Crippen LogP contribution in [0.4, 0.5) is 0 Å². The minimum absolute atomic E-state index is 0.221. The minimum Gasteiger partial charge on any atom is -0.340 e. The maximum Gasteiger partial charge on any atom is 0.236 e. The van der Waals surface area contributed by atoms with Crippen molar-refractivity contribution in [2.75, 3.05) is 20.1 Å². The van der Waals surface area contributed by atoms with Crippen molar-refractivity contribution in [3.63, 3.8) is 0 Å². The molecule has 1 aliphatic rings. The second-order valence-corrected chi connectivity index (χ2v) is 7.32. The summed E-state index contributed by atoms with van der Waals surface area (Å²) in [6, 6.07) is 15.2. The Morgan fingerprint density at radius 2 is 2.09 bits per heavy atom. The number of benzene rings is 1. The standard InChI is InChI=1S/C19H24N2OS/c1-20(14-18-10-6-12-23-18)19(22)15-21-11-5-9-17(21)13-16-7-3-2-4-8-16/h2-4,6-8,10,12,17H,5,9,11,13-15H2,1H3. The molecule has 3 rings (SSSR count). The van der Waals surface area contributed by atoms with Crippen molar-refractivity contribution in [3.8, 4) is 0 Å². The number of likely N-dealkylation sites (tertiary alicyclic amines) is 1. The molecule has 0 N–H and O–H groups in total. The van der Waals surface area contributed by atoms with Gasteiger partial charge in [-0.2, -0.15) is 0 Å². The number of rotatable bonds is 6. The average Bonchev–Trinajstić information content (AvgIpc) is 3.21. The summed E-state index contributed by atoms with van der Waals surface area (Å²) in [5.41, 5.74) is 1.36. The van der Waals surface area contributed by atoms with E-state index in [4.69, 9.17) is 0 Å². The Kier molecular flexibility index (Phi) is 5.47. The lowest BCUT2D eigenvalue weighted by molar-refractivity contribution is -0.131. The highest BCUT2D eigenvalue weighted by molar-refractivity contribution is 7.09. The second-order valence-electron chi connectivity index (χ2n) is 6.29. The smallest absolute Gasteiger partial charge is 0.236 e. The van der Waals surface area contributed by atoms with E-state index in [9.17, 15) is 4.79 Å². The zero-order chi connectivity index (χ0) is 16.1. The van der Waals surface area contributed by atoms with Gasteiger partial charge in [0.1, 0.15) is 0 Å². The van der Waals surface area contributed by atoms with Crippen molar-refractivity contribution in [1.29, 1.82) is 0 Å². The summed E-state index contributed by atoms with van der Waals surface area (Å²) in [4.78, 5) is 18.0. The van der Waals surface area contributed by atoms with Gasteiger partial charge in [-0.05, 0) is 42.8 Å². The number of thiophene rings is 1. The maximum absolute atomic E-state index is 12.5. The van der Waals surface area contributed by atoms with Crippen LogP contribution in [0.3, 0.4) is 0 Å². The van der Waals surface area contributed by atoms with Crippen molar-refractivity contribution in [3.05, 3.63) is 58.3 Å². The van der Waals surface area contributed by atoms with E-state index in [1.54, 1.807) is 11.3 Å². The number of nitrogens with zero attached hydrogens (tertiary/aromatic N) is 2. The lowest BCUT2D eigenvalue weighted by Gasteiger charge is -2.26. The number of likely N-dealkylation sites (N-methyl/N-ethyl adjacent to an activating group) is 1. The molecule has 1 amide bonds. The second kappa shape index (κ2) is 7.75. The van der Waals surface area contributed by atoms with Crippen molar-refractivity contribution in [2.24, 2.45) is 0 Å². The van der Waals surface area contributed by atoms with Crippen LogP contribution >= 0.6 is 11.3 Å². The predicted octanol–water partition coefficient (Wildman–Crippen LogP) is 3.41.